The molecule has 1 aliphatic rings. The van der Waals surface area contributed by atoms with E-state index < -0.39 is 0 Å². The van der Waals surface area contributed by atoms with Crippen LogP contribution in [0, 0.1) is 5.41 Å². The van der Waals surface area contributed by atoms with Crippen molar-refractivity contribution < 1.29 is 4.74 Å². The zero-order valence-corrected chi connectivity index (χ0v) is 13.3. The van der Waals surface area contributed by atoms with Crippen LogP contribution in [0.1, 0.15) is 51.6 Å². The third kappa shape index (κ3) is 2.93. The second-order valence-electron chi connectivity index (χ2n) is 6.33. The topological polar surface area (TPSA) is 38.5 Å². The van der Waals surface area contributed by atoms with Gasteiger partial charge in [-0.2, -0.15) is 0 Å². The van der Waals surface area contributed by atoms with E-state index >= 15 is 0 Å². The minimum atomic E-state index is -0.0133. The summed E-state index contributed by atoms with van der Waals surface area (Å²) in [4.78, 5) is 2.47. The SMILES string of the molecule is CCC1(C)CCN(c2cccc(OC)c2[C@H](C)N)CC1. The summed E-state index contributed by atoms with van der Waals surface area (Å²) in [6.45, 7) is 8.95. The van der Waals surface area contributed by atoms with E-state index in [1.807, 2.05) is 13.0 Å². The normalized spacial score (nSPS) is 19.8. The van der Waals surface area contributed by atoms with Crippen molar-refractivity contribution in [3.8, 4) is 5.75 Å². The molecule has 1 fully saturated rings. The van der Waals surface area contributed by atoms with Gasteiger partial charge in [-0.3, -0.25) is 0 Å². The highest BCUT2D eigenvalue weighted by atomic mass is 16.5. The summed E-state index contributed by atoms with van der Waals surface area (Å²) in [6.07, 6.45) is 3.76. The monoisotopic (exact) mass is 276 g/mol. The summed E-state index contributed by atoms with van der Waals surface area (Å²) >= 11 is 0. The maximum absolute atomic E-state index is 6.17. The zero-order chi connectivity index (χ0) is 14.8. The lowest BCUT2D eigenvalue weighted by Gasteiger charge is -2.41. The first kappa shape index (κ1) is 15.2. The highest BCUT2D eigenvalue weighted by molar-refractivity contribution is 5.61. The number of ether oxygens (including phenoxy) is 1. The van der Waals surface area contributed by atoms with Gasteiger partial charge < -0.3 is 15.4 Å². The maximum Gasteiger partial charge on any atom is 0.125 e. The summed E-state index contributed by atoms with van der Waals surface area (Å²) in [5, 5.41) is 0. The van der Waals surface area contributed by atoms with Crippen molar-refractivity contribution >= 4 is 5.69 Å². The maximum atomic E-state index is 6.17. The predicted octanol–water partition coefficient (Wildman–Crippen LogP) is 3.73. The van der Waals surface area contributed by atoms with Crippen LogP contribution >= 0.6 is 0 Å². The Labute approximate surface area is 123 Å². The lowest BCUT2D eigenvalue weighted by Crippen LogP contribution is -2.39. The van der Waals surface area contributed by atoms with Crippen molar-refractivity contribution in [1.29, 1.82) is 0 Å². The molecule has 2 rings (SSSR count). The van der Waals surface area contributed by atoms with Crippen LogP contribution in [-0.2, 0) is 0 Å². The van der Waals surface area contributed by atoms with Crippen molar-refractivity contribution in [1.82, 2.24) is 0 Å². The number of benzene rings is 1. The van der Waals surface area contributed by atoms with E-state index in [2.05, 4.69) is 30.9 Å². The molecule has 3 heteroatoms. The summed E-state index contributed by atoms with van der Waals surface area (Å²) in [6, 6.07) is 6.23. The molecule has 1 atom stereocenters. The molecule has 112 valence electrons. The summed E-state index contributed by atoms with van der Waals surface area (Å²) in [5.41, 5.74) is 9.06. The number of piperidine rings is 1. The van der Waals surface area contributed by atoms with Crippen LogP contribution in [0.3, 0.4) is 0 Å². The van der Waals surface area contributed by atoms with Gasteiger partial charge in [0.1, 0.15) is 5.75 Å². The standard InChI is InChI=1S/C17H28N2O/c1-5-17(3)9-11-19(12-10-17)14-7-6-8-15(20-4)16(14)13(2)18/h6-8,13H,5,9-12,18H2,1-4H3/t13-/m0/s1. The Bertz CT molecular complexity index is 448. The average Bonchev–Trinajstić information content (AvgIpc) is 2.47. The molecule has 1 heterocycles. The number of nitrogens with two attached hydrogens (primary N) is 1. The summed E-state index contributed by atoms with van der Waals surface area (Å²) < 4.78 is 5.49. The first-order valence-electron chi connectivity index (χ1n) is 7.68. The third-order valence-corrected chi connectivity index (χ3v) is 4.88. The first-order valence-corrected chi connectivity index (χ1v) is 7.68. The van der Waals surface area contributed by atoms with Gasteiger partial charge in [0.2, 0.25) is 0 Å². The minimum Gasteiger partial charge on any atom is -0.496 e. The van der Waals surface area contributed by atoms with Crippen LogP contribution in [0.2, 0.25) is 0 Å². The predicted molar refractivity (Wildman–Crippen MR) is 85.4 cm³/mol. The fraction of sp³-hybridized carbons (Fsp3) is 0.647. The van der Waals surface area contributed by atoms with Gasteiger partial charge in [-0.25, -0.2) is 0 Å². The van der Waals surface area contributed by atoms with Crippen LogP contribution in [0.15, 0.2) is 18.2 Å². The van der Waals surface area contributed by atoms with Crippen LogP contribution < -0.4 is 15.4 Å². The fourth-order valence-corrected chi connectivity index (χ4v) is 3.08. The molecule has 0 saturated carbocycles. The van der Waals surface area contributed by atoms with Gasteiger partial charge in [-0.05, 0) is 37.3 Å². The Morgan fingerprint density at radius 1 is 1.35 bits per heavy atom. The molecule has 1 saturated heterocycles. The van der Waals surface area contributed by atoms with E-state index in [4.69, 9.17) is 10.5 Å². The van der Waals surface area contributed by atoms with Gasteiger partial charge >= 0.3 is 0 Å². The molecule has 0 bridgehead atoms. The molecule has 1 aromatic rings. The van der Waals surface area contributed by atoms with E-state index in [9.17, 15) is 0 Å². The Morgan fingerprint density at radius 2 is 2.00 bits per heavy atom. The molecule has 1 aromatic carbocycles. The minimum absolute atomic E-state index is 0.0133. The lowest BCUT2D eigenvalue weighted by atomic mass is 9.78. The Balaban J connectivity index is 2.26. The molecule has 0 amide bonds. The number of hydrogen-bond donors (Lipinski definition) is 1. The van der Waals surface area contributed by atoms with E-state index in [0.717, 1.165) is 24.4 Å². The highest BCUT2D eigenvalue weighted by Gasteiger charge is 2.29. The largest absolute Gasteiger partial charge is 0.496 e. The van der Waals surface area contributed by atoms with E-state index in [1.54, 1.807) is 7.11 Å². The van der Waals surface area contributed by atoms with Gasteiger partial charge in [0.05, 0.1) is 7.11 Å². The number of hydrogen-bond acceptors (Lipinski definition) is 3. The fourth-order valence-electron chi connectivity index (χ4n) is 3.08. The molecule has 3 nitrogen and oxygen atoms in total. The molecular formula is C17H28N2O. The Hall–Kier alpha value is -1.22. The van der Waals surface area contributed by atoms with Crippen LogP contribution in [0.5, 0.6) is 5.75 Å². The lowest BCUT2D eigenvalue weighted by molar-refractivity contribution is 0.238. The number of rotatable bonds is 4. The van der Waals surface area contributed by atoms with Crippen molar-refractivity contribution in [2.75, 3.05) is 25.1 Å². The van der Waals surface area contributed by atoms with Crippen molar-refractivity contribution in [2.24, 2.45) is 11.1 Å². The van der Waals surface area contributed by atoms with E-state index in [-0.39, 0.29) is 6.04 Å². The van der Waals surface area contributed by atoms with Gasteiger partial charge in [0, 0.05) is 30.4 Å². The molecule has 0 spiro atoms. The van der Waals surface area contributed by atoms with Crippen LogP contribution in [0.4, 0.5) is 5.69 Å². The number of methoxy groups -OCH3 is 1. The average molecular weight is 276 g/mol. The first-order chi connectivity index (χ1) is 9.50. The summed E-state index contributed by atoms with van der Waals surface area (Å²) in [5.74, 6) is 0.904. The smallest absolute Gasteiger partial charge is 0.125 e. The van der Waals surface area contributed by atoms with Gasteiger partial charge in [0.25, 0.3) is 0 Å². The number of anilines is 1. The Kier molecular flexibility index (Phi) is 4.59. The van der Waals surface area contributed by atoms with E-state index in [1.165, 1.54) is 24.9 Å². The second-order valence-corrected chi connectivity index (χ2v) is 6.33. The van der Waals surface area contributed by atoms with E-state index in [0.29, 0.717) is 5.41 Å². The molecule has 0 unspecified atom stereocenters. The molecule has 0 aliphatic carbocycles. The molecule has 20 heavy (non-hydrogen) atoms. The highest BCUT2D eigenvalue weighted by Crippen LogP contribution is 2.39. The van der Waals surface area contributed by atoms with Crippen molar-refractivity contribution in [2.45, 2.75) is 46.1 Å². The molecule has 1 aliphatic heterocycles. The second kappa shape index (κ2) is 6.04. The molecule has 0 radical (unpaired) electrons. The van der Waals surface area contributed by atoms with Crippen molar-refractivity contribution in [3.63, 3.8) is 0 Å². The van der Waals surface area contributed by atoms with Crippen molar-refractivity contribution in [3.05, 3.63) is 23.8 Å². The quantitative estimate of drug-likeness (QED) is 0.910. The summed E-state index contributed by atoms with van der Waals surface area (Å²) in [7, 11) is 1.72. The number of nitrogens with zero attached hydrogens (tertiary/aromatic N) is 1. The van der Waals surface area contributed by atoms with Gasteiger partial charge in [-0.15, -0.1) is 0 Å². The zero-order valence-electron chi connectivity index (χ0n) is 13.3. The Morgan fingerprint density at radius 3 is 2.50 bits per heavy atom. The van der Waals surface area contributed by atoms with Crippen LogP contribution in [0.25, 0.3) is 0 Å². The third-order valence-electron chi connectivity index (χ3n) is 4.88. The molecule has 2 N–H and O–H groups in total. The molecular weight excluding hydrogens is 248 g/mol. The van der Waals surface area contributed by atoms with Crippen LogP contribution in [-0.4, -0.2) is 20.2 Å². The van der Waals surface area contributed by atoms with Gasteiger partial charge in [-0.1, -0.05) is 26.3 Å². The molecule has 0 aromatic heterocycles. The van der Waals surface area contributed by atoms with Gasteiger partial charge in [0.15, 0.2) is 0 Å².